The van der Waals surface area contributed by atoms with Crippen molar-refractivity contribution in [2.24, 2.45) is 0 Å². The molecule has 3 nitrogen and oxygen atoms in total. The zero-order valence-corrected chi connectivity index (χ0v) is 16.9. The lowest BCUT2D eigenvalue weighted by molar-refractivity contribution is -0.0102. The lowest BCUT2D eigenvalue weighted by atomic mass is 10.1. The van der Waals surface area contributed by atoms with Crippen LogP contribution >= 0.6 is 0 Å². The summed E-state index contributed by atoms with van der Waals surface area (Å²) in [7, 11) is 0. The number of rotatable bonds is 4. The molecule has 0 radical (unpaired) electrons. The van der Waals surface area contributed by atoms with Crippen LogP contribution in [0.2, 0.25) is 0 Å². The molecule has 0 spiro atoms. The molecule has 0 amide bonds. The number of fused-ring (bicyclic) bond motifs is 1. The fourth-order valence-corrected chi connectivity index (χ4v) is 3.83. The Morgan fingerprint density at radius 1 is 1.10 bits per heavy atom. The summed E-state index contributed by atoms with van der Waals surface area (Å²) in [6.07, 6.45) is 0.00369. The van der Waals surface area contributed by atoms with Gasteiger partial charge in [0.1, 0.15) is 11.6 Å². The largest absolute Gasteiger partial charge is 0.356 e. The second-order valence-corrected chi connectivity index (χ2v) is 7.87. The van der Waals surface area contributed by atoms with Gasteiger partial charge in [0.25, 0.3) is 0 Å². The van der Waals surface area contributed by atoms with Crippen LogP contribution in [0.3, 0.4) is 0 Å². The number of aryl methyl sites for hydroxylation is 1. The molecule has 0 unspecified atom stereocenters. The first-order valence-electron chi connectivity index (χ1n) is 10.1. The van der Waals surface area contributed by atoms with Gasteiger partial charge in [0.2, 0.25) is 5.92 Å². The molecule has 1 saturated heterocycles. The molecular formula is C24H24F3N3. The zero-order chi connectivity index (χ0) is 21.3. The summed E-state index contributed by atoms with van der Waals surface area (Å²) in [6.45, 7) is 6.84. The third-order valence-corrected chi connectivity index (χ3v) is 5.42. The maximum Gasteiger partial charge on any atom is 0.249 e. The summed E-state index contributed by atoms with van der Waals surface area (Å²) in [5.74, 6) is -2.50. The van der Waals surface area contributed by atoms with Gasteiger partial charge in [-0.15, -0.1) is 0 Å². The molecule has 1 aliphatic rings. The van der Waals surface area contributed by atoms with Gasteiger partial charge in [-0.1, -0.05) is 18.7 Å². The molecule has 0 saturated carbocycles. The molecule has 2 aromatic carbocycles. The molecule has 6 heteroatoms. The van der Waals surface area contributed by atoms with E-state index in [1.54, 1.807) is 6.07 Å². The standard InChI is InChI=1S/C24H24F3N3/c1-16-5-3-6-20(13-16)28-17(2)21-14-18-7-8-19(25)15-22(18)29-23(21)30-11-4-9-24(26,27)10-12-30/h3,5-8,13-15,28H,2,4,9-12H2,1H3. The monoisotopic (exact) mass is 411 g/mol. The van der Waals surface area contributed by atoms with E-state index in [1.807, 2.05) is 42.2 Å². The van der Waals surface area contributed by atoms with E-state index < -0.39 is 5.92 Å². The van der Waals surface area contributed by atoms with E-state index in [2.05, 4.69) is 16.9 Å². The number of alkyl halides is 2. The Bertz CT molecular complexity index is 1090. The lowest BCUT2D eigenvalue weighted by Crippen LogP contribution is -2.28. The number of aromatic nitrogens is 1. The molecule has 2 heterocycles. The van der Waals surface area contributed by atoms with Crippen molar-refractivity contribution in [2.45, 2.75) is 32.1 Å². The average Bonchev–Trinajstić information content (AvgIpc) is 2.87. The van der Waals surface area contributed by atoms with E-state index in [-0.39, 0.29) is 25.2 Å². The van der Waals surface area contributed by atoms with Crippen LogP contribution in [0, 0.1) is 12.7 Å². The zero-order valence-electron chi connectivity index (χ0n) is 16.9. The van der Waals surface area contributed by atoms with Gasteiger partial charge in [-0.25, -0.2) is 18.2 Å². The van der Waals surface area contributed by atoms with Gasteiger partial charge in [-0.05, 0) is 49.2 Å². The number of hydrogen-bond donors (Lipinski definition) is 1. The maximum absolute atomic E-state index is 13.9. The van der Waals surface area contributed by atoms with Crippen LogP contribution in [0.25, 0.3) is 16.6 Å². The van der Waals surface area contributed by atoms with Crippen molar-refractivity contribution in [3.8, 4) is 0 Å². The second-order valence-electron chi connectivity index (χ2n) is 7.87. The van der Waals surface area contributed by atoms with Crippen molar-refractivity contribution in [1.29, 1.82) is 0 Å². The lowest BCUT2D eigenvalue weighted by Gasteiger charge is -2.26. The molecule has 1 aliphatic heterocycles. The molecule has 0 aliphatic carbocycles. The molecule has 1 N–H and O–H groups in total. The minimum Gasteiger partial charge on any atom is -0.356 e. The van der Waals surface area contributed by atoms with Gasteiger partial charge in [0.15, 0.2) is 0 Å². The van der Waals surface area contributed by atoms with E-state index in [4.69, 9.17) is 0 Å². The Kier molecular flexibility index (Phi) is 5.41. The van der Waals surface area contributed by atoms with Crippen molar-refractivity contribution in [3.05, 3.63) is 72.1 Å². The number of anilines is 2. The molecule has 4 rings (SSSR count). The SMILES string of the molecule is C=C(Nc1cccc(C)c1)c1cc2ccc(F)cc2nc1N1CCCC(F)(F)CC1. The van der Waals surface area contributed by atoms with Crippen molar-refractivity contribution in [1.82, 2.24) is 4.98 Å². The van der Waals surface area contributed by atoms with Crippen LogP contribution in [0.4, 0.5) is 24.7 Å². The molecule has 0 atom stereocenters. The fourth-order valence-electron chi connectivity index (χ4n) is 3.83. The third-order valence-electron chi connectivity index (χ3n) is 5.42. The summed E-state index contributed by atoms with van der Waals surface area (Å²) >= 11 is 0. The van der Waals surface area contributed by atoms with Crippen molar-refractivity contribution in [3.63, 3.8) is 0 Å². The van der Waals surface area contributed by atoms with Crippen LogP contribution in [-0.2, 0) is 0 Å². The van der Waals surface area contributed by atoms with Crippen molar-refractivity contribution < 1.29 is 13.2 Å². The second kappa shape index (κ2) is 8.01. The maximum atomic E-state index is 13.9. The third kappa shape index (κ3) is 4.42. The molecule has 1 fully saturated rings. The number of nitrogens with zero attached hydrogens (tertiary/aromatic N) is 2. The number of pyridine rings is 1. The first-order chi connectivity index (χ1) is 14.3. The Labute approximate surface area is 174 Å². The normalized spacial score (nSPS) is 16.3. The van der Waals surface area contributed by atoms with E-state index >= 15 is 0 Å². The first-order valence-corrected chi connectivity index (χ1v) is 10.1. The van der Waals surface area contributed by atoms with Gasteiger partial charge < -0.3 is 10.2 Å². The Balaban J connectivity index is 1.75. The Morgan fingerprint density at radius 3 is 2.73 bits per heavy atom. The summed E-state index contributed by atoms with van der Waals surface area (Å²) in [6, 6.07) is 14.2. The highest BCUT2D eigenvalue weighted by Gasteiger charge is 2.32. The Hall–Kier alpha value is -3.02. The smallest absolute Gasteiger partial charge is 0.249 e. The minimum absolute atomic E-state index is 0.135. The van der Waals surface area contributed by atoms with Gasteiger partial charge in [0, 0.05) is 54.3 Å². The van der Waals surface area contributed by atoms with Gasteiger partial charge >= 0.3 is 0 Å². The molecule has 1 aromatic heterocycles. The van der Waals surface area contributed by atoms with E-state index in [9.17, 15) is 13.2 Å². The van der Waals surface area contributed by atoms with Crippen LogP contribution in [0.1, 0.15) is 30.4 Å². The van der Waals surface area contributed by atoms with Gasteiger partial charge in [-0.3, -0.25) is 0 Å². The minimum atomic E-state index is -2.67. The van der Waals surface area contributed by atoms with Crippen molar-refractivity contribution >= 4 is 28.1 Å². The van der Waals surface area contributed by atoms with E-state index in [1.165, 1.54) is 12.1 Å². The van der Waals surface area contributed by atoms with Gasteiger partial charge in [-0.2, -0.15) is 0 Å². The molecule has 0 bridgehead atoms. The number of benzene rings is 2. The highest BCUT2D eigenvalue weighted by molar-refractivity contribution is 5.90. The van der Waals surface area contributed by atoms with Crippen LogP contribution in [0.5, 0.6) is 0 Å². The topological polar surface area (TPSA) is 28.2 Å². The molecule has 156 valence electrons. The summed E-state index contributed by atoms with van der Waals surface area (Å²) < 4.78 is 41.6. The van der Waals surface area contributed by atoms with E-state index in [0.29, 0.717) is 30.0 Å². The quantitative estimate of drug-likeness (QED) is 0.539. The van der Waals surface area contributed by atoms with Crippen molar-refractivity contribution in [2.75, 3.05) is 23.3 Å². The van der Waals surface area contributed by atoms with Crippen LogP contribution in [0.15, 0.2) is 55.1 Å². The van der Waals surface area contributed by atoms with Gasteiger partial charge in [0.05, 0.1) is 5.52 Å². The predicted molar refractivity (Wildman–Crippen MR) is 117 cm³/mol. The average molecular weight is 411 g/mol. The number of nitrogens with one attached hydrogen (secondary N) is 1. The van der Waals surface area contributed by atoms with Crippen LogP contribution < -0.4 is 10.2 Å². The Morgan fingerprint density at radius 2 is 1.93 bits per heavy atom. The number of hydrogen-bond acceptors (Lipinski definition) is 3. The molecule has 30 heavy (non-hydrogen) atoms. The van der Waals surface area contributed by atoms with Crippen LogP contribution in [-0.4, -0.2) is 24.0 Å². The molecular weight excluding hydrogens is 387 g/mol. The van der Waals surface area contributed by atoms with E-state index in [0.717, 1.165) is 22.2 Å². The highest BCUT2D eigenvalue weighted by Crippen LogP contribution is 2.34. The first kappa shape index (κ1) is 20.3. The summed E-state index contributed by atoms with van der Waals surface area (Å²) in [4.78, 5) is 6.53. The molecule has 3 aromatic rings. The highest BCUT2D eigenvalue weighted by atomic mass is 19.3. The predicted octanol–water partition coefficient (Wildman–Crippen LogP) is 6.39. The summed E-state index contributed by atoms with van der Waals surface area (Å²) in [5, 5.41) is 4.07. The number of halogens is 3. The fraction of sp³-hybridized carbons (Fsp3) is 0.292. The summed E-state index contributed by atoms with van der Waals surface area (Å²) in [5.41, 5.74) is 3.82.